The number of likely N-dealkylation sites (tertiary alicyclic amines) is 1. The van der Waals surface area contributed by atoms with E-state index in [1.165, 1.54) is 0 Å². The Morgan fingerprint density at radius 3 is 2.15 bits per heavy atom. The van der Waals surface area contributed by atoms with Crippen molar-refractivity contribution in [3.05, 3.63) is 17.7 Å². The maximum Gasteiger partial charge on any atom is 0.310 e. The van der Waals surface area contributed by atoms with Gasteiger partial charge >= 0.3 is 5.97 Å². The number of methoxy groups -OCH3 is 3. The summed E-state index contributed by atoms with van der Waals surface area (Å²) in [5.41, 5.74) is 0.987. The lowest BCUT2D eigenvalue weighted by Crippen LogP contribution is -2.47. The minimum Gasteiger partial charge on any atom is -0.493 e. The number of ketones is 1. The fraction of sp³-hybridized carbons (Fsp3) is 0.654. The number of hydrogen-bond acceptors (Lipinski definition) is 7. The van der Waals surface area contributed by atoms with Gasteiger partial charge in [-0.15, -0.1) is 0 Å². The van der Waals surface area contributed by atoms with Gasteiger partial charge in [0.15, 0.2) is 11.5 Å². The fourth-order valence-electron chi connectivity index (χ4n) is 4.90. The average Bonchev–Trinajstić information content (AvgIpc) is 2.89. The molecular formula is C26H37NO7. The summed E-state index contributed by atoms with van der Waals surface area (Å²) in [6, 6.07) is 3.77. The van der Waals surface area contributed by atoms with Crippen LogP contribution >= 0.6 is 0 Å². The third-order valence-electron chi connectivity index (χ3n) is 6.81. The van der Waals surface area contributed by atoms with Crippen LogP contribution in [0.25, 0.3) is 0 Å². The van der Waals surface area contributed by atoms with Crippen LogP contribution in [0.1, 0.15) is 56.9 Å². The zero-order valence-corrected chi connectivity index (χ0v) is 20.6. The Hall–Kier alpha value is -2.77. The van der Waals surface area contributed by atoms with Gasteiger partial charge in [-0.05, 0) is 56.2 Å². The van der Waals surface area contributed by atoms with Gasteiger partial charge in [-0.1, -0.05) is 19.3 Å². The van der Waals surface area contributed by atoms with E-state index in [1.807, 2.05) is 12.1 Å². The molecule has 1 saturated carbocycles. The highest BCUT2D eigenvalue weighted by atomic mass is 16.5. The number of hydrogen-bond donors (Lipinski definition) is 0. The molecule has 0 unspecified atom stereocenters. The molecule has 1 atom stereocenters. The van der Waals surface area contributed by atoms with Gasteiger partial charge in [0.2, 0.25) is 11.5 Å². The minimum absolute atomic E-state index is 0.149. The predicted molar refractivity (Wildman–Crippen MR) is 126 cm³/mol. The second-order valence-electron chi connectivity index (χ2n) is 9.09. The number of rotatable bonds is 10. The van der Waals surface area contributed by atoms with E-state index in [-0.39, 0.29) is 36.7 Å². The SMILES string of the molecule is COc1cc(CCCOC(=O)[C@@H]2CCCN(C(=O)C(=O)C3CCCCC3)C2)cc(OC)c1OC. The Morgan fingerprint density at radius 1 is 0.882 bits per heavy atom. The van der Waals surface area contributed by atoms with Crippen molar-refractivity contribution in [2.24, 2.45) is 11.8 Å². The number of aryl methyl sites for hydroxylation is 1. The third kappa shape index (κ3) is 6.42. The molecule has 0 spiro atoms. The van der Waals surface area contributed by atoms with E-state index in [9.17, 15) is 14.4 Å². The monoisotopic (exact) mass is 475 g/mol. The van der Waals surface area contributed by atoms with Crippen LogP contribution in [0.3, 0.4) is 0 Å². The topological polar surface area (TPSA) is 91.4 Å². The van der Waals surface area contributed by atoms with Crippen molar-refractivity contribution >= 4 is 17.7 Å². The first kappa shape index (κ1) is 25.8. The summed E-state index contributed by atoms with van der Waals surface area (Å²) in [6.45, 7) is 1.08. The van der Waals surface area contributed by atoms with Gasteiger partial charge in [0.25, 0.3) is 5.91 Å². The minimum atomic E-state index is -0.424. The molecule has 1 heterocycles. The first-order valence-electron chi connectivity index (χ1n) is 12.3. The van der Waals surface area contributed by atoms with Crippen LogP contribution < -0.4 is 14.2 Å². The third-order valence-corrected chi connectivity index (χ3v) is 6.81. The van der Waals surface area contributed by atoms with E-state index in [1.54, 1.807) is 26.2 Å². The molecule has 1 aliphatic heterocycles. The number of Topliss-reactive ketones (excluding diaryl/α,β-unsaturated/α-hetero) is 1. The molecule has 0 radical (unpaired) electrons. The van der Waals surface area contributed by atoms with Crippen LogP contribution in [0.4, 0.5) is 0 Å². The largest absolute Gasteiger partial charge is 0.493 e. The van der Waals surface area contributed by atoms with Gasteiger partial charge < -0.3 is 23.8 Å². The molecule has 8 heteroatoms. The van der Waals surface area contributed by atoms with Crippen LogP contribution in [-0.4, -0.2) is 63.6 Å². The maximum absolute atomic E-state index is 12.7. The number of carbonyl (C=O) groups is 3. The lowest BCUT2D eigenvalue weighted by atomic mass is 9.85. The molecule has 8 nitrogen and oxygen atoms in total. The molecule has 3 rings (SSSR count). The number of carbonyl (C=O) groups excluding carboxylic acids is 3. The molecule has 0 bridgehead atoms. The lowest BCUT2D eigenvalue weighted by molar-refractivity contribution is -0.154. The Balaban J connectivity index is 1.46. The molecule has 1 aromatic rings. The smallest absolute Gasteiger partial charge is 0.310 e. The first-order chi connectivity index (χ1) is 16.5. The highest BCUT2D eigenvalue weighted by molar-refractivity contribution is 6.36. The van der Waals surface area contributed by atoms with Gasteiger partial charge in [-0.2, -0.15) is 0 Å². The summed E-state index contributed by atoms with van der Waals surface area (Å²) >= 11 is 0. The number of benzene rings is 1. The second kappa shape index (κ2) is 12.6. The Labute approximate surface area is 201 Å². The van der Waals surface area contributed by atoms with Gasteiger partial charge in [0.05, 0.1) is 33.9 Å². The van der Waals surface area contributed by atoms with Crippen LogP contribution in [0.5, 0.6) is 17.2 Å². The summed E-state index contributed by atoms with van der Waals surface area (Å²) in [6.07, 6.45) is 7.45. The van der Waals surface area contributed by atoms with Crippen LogP contribution in [0.2, 0.25) is 0 Å². The molecule has 1 aromatic carbocycles. The van der Waals surface area contributed by atoms with Crippen LogP contribution in [0.15, 0.2) is 12.1 Å². The van der Waals surface area contributed by atoms with E-state index in [0.717, 1.165) is 37.7 Å². The van der Waals surface area contributed by atoms with E-state index in [0.29, 0.717) is 49.5 Å². The second-order valence-corrected chi connectivity index (χ2v) is 9.09. The fourth-order valence-corrected chi connectivity index (χ4v) is 4.90. The van der Waals surface area contributed by atoms with Crippen LogP contribution in [0, 0.1) is 11.8 Å². The number of piperidine rings is 1. The van der Waals surface area contributed by atoms with E-state index < -0.39 is 5.91 Å². The number of esters is 1. The number of nitrogens with zero attached hydrogens (tertiary/aromatic N) is 1. The summed E-state index contributed by atoms with van der Waals surface area (Å²) in [5.74, 6) is 0.186. The number of ether oxygens (including phenoxy) is 4. The van der Waals surface area contributed by atoms with Gasteiger partial charge in [0, 0.05) is 19.0 Å². The summed E-state index contributed by atoms with van der Waals surface area (Å²) in [7, 11) is 4.71. The quantitative estimate of drug-likeness (QED) is 0.290. The van der Waals surface area contributed by atoms with E-state index in [4.69, 9.17) is 18.9 Å². The van der Waals surface area contributed by atoms with Crippen LogP contribution in [-0.2, 0) is 25.5 Å². The summed E-state index contributed by atoms with van der Waals surface area (Å²) in [5, 5.41) is 0. The Morgan fingerprint density at radius 2 is 1.53 bits per heavy atom. The van der Waals surface area contributed by atoms with Crippen molar-refractivity contribution in [2.75, 3.05) is 41.0 Å². The summed E-state index contributed by atoms with van der Waals surface area (Å²) < 4.78 is 21.6. The molecule has 0 N–H and O–H groups in total. The molecule has 188 valence electrons. The normalized spacial score (nSPS) is 18.8. The van der Waals surface area contributed by atoms with Crippen molar-refractivity contribution in [1.29, 1.82) is 0 Å². The van der Waals surface area contributed by atoms with Crippen molar-refractivity contribution in [2.45, 2.75) is 57.8 Å². The maximum atomic E-state index is 12.7. The first-order valence-corrected chi connectivity index (χ1v) is 12.3. The van der Waals surface area contributed by atoms with Crippen molar-refractivity contribution in [1.82, 2.24) is 4.90 Å². The standard InChI is InChI=1S/C26H37NO7/c1-31-21-15-18(16-22(32-2)24(21)33-3)9-8-14-34-26(30)20-12-7-13-27(17-20)25(29)23(28)19-10-5-4-6-11-19/h15-16,19-20H,4-14,17H2,1-3H3/t20-/m1/s1. The molecular weight excluding hydrogens is 438 g/mol. The zero-order chi connectivity index (χ0) is 24.5. The Bertz CT molecular complexity index is 838. The van der Waals surface area contributed by atoms with Crippen molar-refractivity contribution < 1.29 is 33.3 Å². The van der Waals surface area contributed by atoms with Crippen molar-refractivity contribution in [3.63, 3.8) is 0 Å². The van der Waals surface area contributed by atoms with Crippen molar-refractivity contribution in [3.8, 4) is 17.2 Å². The van der Waals surface area contributed by atoms with E-state index >= 15 is 0 Å². The predicted octanol–water partition coefficient (Wildman–Crippen LogP) is 3.58. The molecule has 0 aromatic heterocycles. The molecule has 2 fully saturated rings. The zero-order valence-electron chi connectivity index (χ0n) is 20.6. The average molecular weight is 476 g/mol. The lowest BCUT2D eigenvalue weighted by Gasteiger charge is -2.32. The highest BCUT2D eigenvalue weighted by Crippen LogP contribution is 2.38. The van der Waals surface area contributed by atoms with Gasteiger partial charge in [0.1, 0.15) is 0 Å². The molecule has 34 heavy (non-hydrogen) atoms. The number of amides is 1. The molecule has 1 saturated heterocycles. The van der Waals surface area contributed by atoms with Gasteiger partial charge in [-0.25, -0.2) is 0 Å². The highest BCUT2D eigenvalue weighted by Gasteiger charge is 2.35. The molecule has 1 amide bonds. The van der Waals surface area contributed by atoms with Gasteiger partial charge in [-0.3, -0.25) is 14.4 Å². The summed E-state index contributed by atoms with van der Waals surface area (Å²) in [4.78, 5) is 39.5. The van der Waals surface area contributed by atoms with E-state index in [2.05, 4.69) is 0 Å². The Kier molecular flexibility index (Phi) is 9.60. The molecule has 2 aliphatic rings. The molecule has 1 aliphatic carbocycles.